The average molecular weight is 673 g/mol. The fourth-order valence-corrected chi connectivity index (χ4v) is 5.58. The predicted octanol–water partition coefficient (Wildman–Crippen LogP) is 7.16. The zero-order valence-corrected chi connectivity index (χ0v) is 28.8. The first-order valence-electron chi connectivity index (χ1n) is 16.3. The van der Waals surface area contributed by atoms with Crippen LogP contribution in [-0.4, -0.2) is 63.2 Å². The van der Waals surface area contributed by atoms with Crippen LogP contribution in [-0.2, 0) is 30.3 Å². The van der Waals surface area contributed by atoms with E-state index in [0.29, 0.717) is 23.3 Å². The molecule has 1 saturated heterocycles. The predicted molar refractivity (Wildman–Crippen MR) is 183 cm³/mol. The second-order valence-corrected chi connectivity index (χ2v) is 12.4. The Morgan fingerprint density at radius 3 is 2.39 bits per heavy atom. The zero-order chi connectivity index (χ0) is 35.0. The summed E-state index contributed by atoms with van der Waals surface area (Å²) >= 11 is 0. The van der Waals surface area contributed by atoms with E-state index in [1.165, 1.54) is 7.11 Å². The summed E-state index contributed by atoms with van der Waals surface area (Å²) in [6.07, 6.45) is 5.32. The molecule has 0 spiro atoms. The molecule has 2 heterocycles. The number of cyclic esters (lactones) is 1. The van der Waals surface area contributed by atoms with Gasteiger partial charge in [0.2, 0.25) is 0 Å². The van der Waals surface area contributed by atoms with E-state index in [0.717, 1.165) is 11.3 Å². The lowest BCUT2D eigenvalue weighted by molar-refractivity contribution is -0.152. The van der Waals surface area contributed by atoms with Gasteiger partial charge in [0, 0.05) is 19.1 Å². The highest BCUT2D eigenvalue weighted by molar-refractivity contribution is 5.97. The molecule has 0 saturated carbocycles. The smallest absolute Gasteiger partial charge is 0.342 e. The molecule has 10 heteroatoms. The molecule has 49 heavy (non-hydrogen) atoms. The van der Waals surface area contributed by atoms with E-state index in [2.05, 4.69) is 0 Å². The molecule has 0 aliphatic carbocycles. The maximum absolute atomic E-state index is 13.8. The van der Waals surface area contributed by atoms with Crippen molar-refractivity contribution < 1.29 is 47.5 Å². The number of benzene rings is 3. The highest BCUT2D eigenvalue weighted by atomic mass is 16.8. The molecular formula is C39H44O10. The molecule has 5 rings (SSSR count). The van der Waals surface area contributed by atoms with Crippen LogP contribution in [0.5, 0.6) is 17.2 Å². The number of hydrogen-bond donors (Lipinski definition) is 0. The Bertz CT molecular complexity index is 1630. The van der Waals surface area contributed by atoms with E-state index in [1.807, 2.05) is 76.3 Å². The second-order valence-electron chi connectivity index (χ2n) is 12.4. The highest BCUT2D eigenvalue weighted by Gasteiger charge is 2.45. The van der Waals surface area contributed by atoms with E-state index in [4.69, 9.17) is 37.9 Å². The third-order valence-corrected chi connectivity index (χ3v) is 8.31. The first kappa shape index (κ1) is 35.7. The van der Waals surface area contributed by atoms with Crippen molar-refractivity contribution in [3.8, 4) is 17.2 Å². The molecule has 5 atom stereocenters. The van der Waals surface area contributed by atoms with Crippen LogP contribution in [0, 0.1) is 5.92 Å². The van der Waals surface area contributed by atoms with Crippen LogP contribution in [0.15, 0.2) is 85.0 Å². The number of ether oxygens (including phenoxy) is 8. The van der Waals surface area contributed by atoms with Gasteiger partial charge in [-0.15, -0.1) is 0 Å². The summed E-state index contributed by atoms with van der Waals surface area (Å²) in [5.41, 5.74) is 2.12. The van der Waals surface area contributed by atoms with Crippen molar-refractivity contribution in [2.24, 2.45) is 5.92 Å². The third kappa shape index (κ3) is 9.29. The lowest BCUT2D eigenvalue weighted by Crippen LogP contribution is -2.37. The molecule has 0 amide bonds. The Morgan fingerprint density at radius 1 is 0.918 bits per heavy atom. The summed E-state index contributed by atoms with van der Waals surface area (Å²) in [5.74, 6) is -0.745. The lowest BCUT2D eigenvalue weighted by Gasteiger charge is -2.25. The van der Waals surface area contributed by atoms with Gasteiger partial charge in [-0.05, 0) is 74.7 Å². The van der Waals surface area contributed by atoms with Crippen LogP contribution in [0.1, 0.15) is 66.0 Å². The van der Waals surface area contributed by atoms with Crippen molar-refractivity contribution in [1.29, 1.82) is 0 Å². The lowest BCUT2D eigenvalue weighted by atomic mass is 9.98. The fraction of sp³-hybridized carbons (Fsp3) is 0.385. The summed E-state index contributed by atoms with van der Waals surface area (Å²) < 4.78 is 47.2. The van der Waals surface area contributed by atoms with Crippen LogP contribution in [0.25, 0.3) is 6.08 Å². The Labute approximate surface area is 287 Å². The van der Waals surface area contributed by atoms with Crippen molar-refractivity contribution >= 4 is 18.0 Å². The molecule has 0 bridgehead atoms. The Hall–Kier alpha value is -4.64. The van der Waals surface area contributed by atoms with Crippen LogP contribution in [0.3, 0.4) is 0 Å². The summed E-state index contributed by atoms with van der Waals surface area (Å²) in [4.78, 5) is 27.0. The quantitative estimate of drug-likeness (QED) is 0.132. The Balaban J connectivity index is 1.50. The number of hydrogen-bond acceptors (Lipinski definition) is 10. The first-order chi connectivity index (χ1) is 23.6. The van der Waals surface area contributed by atoms with Gasteiger partial charge in [0.05, 0.1) is 18.8 Å². The monoisotopic (exact) mass is 672 g/mol. The number of carbonyl (C=O) groups is 2. The van der Waals surface area contributed by atoms with Crippen LogP contribution in [0.2, 0.25) is 0 Å². The van der Waals surface area contributed by atoms with Gasteiger partial charge in [-0.1, -0.05) is 55.5 Å². The number of rotatable bonds is 9. The summed E-state index contributed by atoms with van der Waals surface area (Å²) in [7, 11) is 3.12. The molecule has 260 valence electrons. The van der Waals surface area contributed by atoms with E-state index in [-0.39, 0.29) is 30.6 Å². The molecule has 0 radical (unpaired) electrons. The maximum atomic E-state index is 13.8. The number of fused-ring (bicyclic) bond motifs is 2. The van der Waals surface area contributed by atoms with Crippen LogP contribution in [0.4, 0.5) is 0 Å². The Kier molecular flexibility index (Phi) is 11.8. The number of methoxy groups -OCH3 is 2. The fourth-order valence-electron chi connectivity index (χ4n) is 5.58. The number of carbonyl (C=O) groups excluding carboxylic acids is 2. The zero-order valence-electron chi connectivity index (χ0n) is 28.8. The van der Waals surface area contributed by atoms with E-state index < -0.39 is 42.1 Å². The van der Waals surface area contributed by atoms with Gasteiger partial charge >= 0.3 is 11.9 Å². The summed E-state index contributed by atoms with van der Waals surface area (Å²) in [6.45, 7) is 7.57. The molecule has 3 aromatic carbocycles. The minimum Gasteiger partial charge on any atom is -0.497 e. The van der Waals surface area contributed by atoms with Gasteiger partial charge in [0.15, 0.2) is 12.6 Å². The largest absolute Gasteiger partial charge is 0.497 e. The molecule has 0 aromatic heterocycles. The minimum absolute atomic E-state index is 0.0901. The molecule has 2 aliphatic heterocycles. The molecule has 0 N–H and O–H groups in total. The van der Waals surface area contributed by atoms with Crippen LogP contribution >= 0.6 is 0 Å². The highest BCUT2D eigenvalue weighted by Crippen LogP contribution is 2.36. The van der Waals surface area contributed by atoms with Crippen molar-refractivity contribution in [2.45, 2.75) is 70.9 Å². The molecular weight excluding hydrogens is 628 g/mol. The molecule has 10 nitrogen and oxygen atoms in total. The van der Waals surface area contributed by atoms with E-state index >= 15 is 0 Å². The minimum atomic E-state index is -0.929. The van der Waals surface area contributed by atoms with E-state index in [1.54, 1.807) is 49.6 Å². The normalized spacial score (nSPS) is 23.4. The van der Waals surface area contributed by atoms with Crippen molar-refractivity contribution in [2.75, 3.05) is 21.0 Å². The van der Waals surface area contributed by atoms with Crippen molar-refractivity contribution in [1.82, 2.24) is 0 Å². The van der Waals surface area contributed by atoms with Gasteiger partial charge in [0.1, 0.15) is 47.7 Å². The van der Waals surface area contributed by atoms with Crippen molar-refractivity contribution in [3.05, 3.63) is 107 Å². The summed E-state index contributed by atoms with van der Waals surface area (Å²) in [5, 5.41) is 0. The molecule has 1 fully saturated rings. The van der Waals surface area contributed by atoms with Gasteiger partial charge in [-0.2, -0.15) is 0 Å². The standard InChI is InChI=1S/C39H44O10/c1-25-15-20-32(47-37(40)28-11-8-7-9-12-28)36-33(48-39(3,4)49-36)14-10-13-29-21-31(44-23-27-16-18-30(43-6)19-17-27)22-34(45-24-42-5)35(29)38(41)46-26(25)2/h7-13,15-22,25-26,32-33,36H,14,23-24H2,1-6H3/t25-,26+,32?,33+,36?/m1/s1. The average Bonchev–Trinajstić information content (AvgIpc) is 3.41. The number of esters is 2. The van der Waals surface area contributed by atoms with E-state index in [9.17, 15) is 9.59 Å². The van der Waals surface area contributed by atoms with Gasteiger partial charge in [0.25, 0.3) is 0 Å². The SMILES string of the molecule is COCOc1cc(OCc2ccc(OC)cc2)cc2c1C(=O)O[C@@H](C)[C@H](C)C=CC(OC(=O)c1ccccc1)C1OC(C)(C)O[C@H]1CC=C2. The van der Waals surface area contributed by atoms with Gasteiger partial charge in [-0.3, -0.25) is 0 Å². The Morgan fingerprint density at radius 2 is 1.67 bits per heavy atom. The van der Waals surface area contributed by atoms with Gasteiger partial charge in [-0.25, -0.2) is 9.59 Å². The topological polar surface area (TPSA) is 108 Å². The third-order valence-electron chi connectivity index (χ3n) is 8.31. The molecule has 2 unspecified atom stereocenters. The van der Waals surface area contributed by atoms with Crippen LogP contribution < -0.4 is 14.2 Å². The summed E-state index contributed by atoms with van der Waals surface area (Å²) in [6, 6.07) is 19.8. The van der Waals surface area contributed by atoms with Crippen molar-refractivity contribution in [3.63, 3.8) is 0 Å². The second kappa shape index (κ2) is 16.2. The van der Waals surface area contributed by atoms with Gasteiger partial charge < -0.3 is 37.9 Å². The molecule has 2 aliphatic rings. The maximum Gasteiger partial charge on any atom is 0.342 e. The molecule has 3 aromatic rings. The first-order valence-corrected chi connectivity index (χ1v) is 16.3.